The van der Waals surface area contributed by atoms with Crippen molar-refractivity contribution in [2.24, 2.45) is 0 Å². The van der Waals surface area contributed by atoms with E-state index >= 15 is 0 Å². The largest absolute Gasteiger partial charge is 0.497 e. The van der Waals surface area contributed by atoms with Gasteiger partial charge in [-0.2, -0.15) is 0 Å². The summed E-state index contributed by atoms with van der Waals surface area (Å²) in [5.74, 6) is -0.0178. The fraction of sp³-hybridized carbons (Fsp3) is 0.333. The van der Waals surface area contributed by atoms with Crippen LogP contribution in [0.5, 0.6) is 5.75 Å². The smallest absolute Gasteiger partial charge is 0.356 e. The highest BCUT2D eigenvalue weighted by Gasteiger charge is 2.22. The maximum Gasteiger partial charge on any atom is 0.356 e. The summed E-state index contributed by atoms with van der Waals surface area (Å²) in [4.78, 5) is 32.8. The Morgan fingerprint density at radius 2 is 1.77 bits per heavy atom. The zero-order chi connectivity index (χ0) is 24.6. The van der Waals surface area contributed by atoms with Gasteiger partial charge >= 0.3 is 5.97 Å². The van der Waals surface area contributed by atoms with Gasteiger partial charge in [0.25, 0.3) is 0 Å². The van der Waals surface area contributed by atoms with E-state index < -0.39 is 5.97 Å². The first-order valence-electron chi connectivity index (χ1n) is 11.8. The van der Waals surface area contributed by atoms with E-state index in [-0.39, 0.29) is 11.6 Å². The lowest BCUT2D eigenvalue weighted by atomic mass is 10.2. The maximum absolute atomic E-state index is 12.8. The van der Waals surface area contributed by atoms with Crippen LogP contribution in [0.15, 0.2) is 54.6 Å². The molecule has 0 aliphatic carbocycles. The predicted octanol–water partition coefficient (Wildman–Crippen LogP) is 3.62. The molecule has 2 aromatic carbocycles. The number of piperazine rings is 1. The number of aromatic amines is 1. The molecule has 0 unspecified atom stereocenters. The maximum atomic E-state index is 12.8. The van der Waals surface area contributed by atoms with Gasteiger partial charge in [0.15, 0.2) is 0 Å². The number of esters is 1. The average molecular weight is 477 g/mol. The van der Waals surface area contributed by atoms with Crippen LogP contribution < -0.4 is 10.1 Å². The van der Waals surface area contributed by atoms with Crippen LogP contribution in [0.25, 0.3) is 17.0 Å². The molecule has 2 heterocycles. The van der Waals surface area contributed by atoms with Gasteiger partial charge in [-0.25, -0.2) is 4.79 Å². The van der Waals surface area contributed by atoms with Gasteiger partial charge in [-0.1, -0.05) is 42.5 Å². The SMILES string of the molecule is COC(=O)c1[nH]c2cc(OC)ccc2c1NC(=O)CCN1CCN(CC=Cc2ccccc2)CC1. The Labute approximate surface area is 205 Å². The minimum atomic E-state index is -0.534. The zero-order valence-corrected chi connectivity index (χ0v) is 20.3. The van der Waals surface area contributed by atoms with Crippen LogP contribution >= 0.6 is 0 Å². The highest BCUT2D eigenvalue weighted by Crippen LogP contribution is 2.31. The van der Waals surface area contributed by atoms with Crippen LogP contribution in [0.3, 0.4) is 0 Å². The standard InChI is InChI=1S/C27H32N4O4/c1-34-21-10-11-22-23(19-21)28-26(27(33)35-2)25(22)29-24(32)12-14-31-17-15-30(16-18-31)13-6-9-20-7-4-3-5-8-20/h3-11,19,28H,12-18H2,1-2H3,(H,29,32). The highest BCUT2D eigenvalue weighted by atomic mass is 16.5. The first-order chi connectivity index (χ1) is 17.1. The third kappa shape index (κ3) is 6.29. The molecule has 0 saturated carbocycles. The van der Waals surface area contributed by atoms with Crippen LogP contribution in [0.4, 0.5) is 5.69 Å². The molecule has 1 saturated heterocycles. The van der Waals surface area contributed by atoms with Crippen LogP contribution in [0, 0.1) is 0 Å². The number of hydrogen-bond acceptors (Lipinski definition) is 6. The molecule has 2 N–H and O–H groups in total. The molecule has 0 bridgehead atoms. The predicted molar refractivity (Wildman–Crippen MR) is 138 cm³/mol. The minimum Gasteiger partial charge on any atom is -0.497 e. The number of rotatable bonds is 9. The Kier molecular flexibility index (Phi) is 8.18. The van der Waals surface area contributed by atoms with E-state index in [4.69, 9.17) is 9.47 Å². The molecule has 8 heteroatoms. The molecule has 0 radical (unpaired) electrons. The summed E-state index contributed by atoms with van der Waals surface area (Å²) in [7, 11) is 2.90. The number of hydrogen-bond donors (Lipinski definition) is 2. The van der Waals surface area contributed by atoms with Crippen molar-refractivity contribution < 1.29 is 19.1 Å². The minimum absolute atomic E-state index is 0.139. The molecule has 1 aliphatic rings. The number of nitrogens with one attached hydrogen (secondary N) is 2. The molecule has 1 aromatic heterocycles. The van der Waals surface area contributed by atoms with Crippen LogP contribution in [0.2, 0.25) is 0 Å². The number of fused-ring (bicyclic) bond motifs is 1. The van der Waals surface area contributed by atoms with E-state index in [0.29, 0.717) is 29.9 Å². The lowest BCUT2D eigenvalue weighted by Gasteiger charge is -2.34. The van der Waals surface area contributed by atoms with Crippen molar-refractivity contribution in [3.63, 3.8) is 0 Å². The molecule has 1 aliphatic heterocycles. The molecule has 0 spiro atoms. The molecule has 0 atom stereocenters. The second-order valence-corrected chi connectivity index (χ2v) is 8.53. The first-order valence-corrected chi connectivity index (χ1v) is 11.8. The van der Waals surface area contributed by atoms with Crippen molar-refractivity contribution in [3.8, 4) is 5.75 Å². The molecule has 1 fully saturated rings. The van der Waals surface area contributed by atoms with Gasteiger partial charge in [-0.3, -0.25) is 9.69 Å². The summed E-state index contributed by atoms with van der Waals surface area (Å²) in [6.45, 7) is 5.38. The molecule has 35 heavy (non-hydrogen) atoms. The van der Waals surface area contributed by atoms with Gasteiger partial charge in [0, 0.05) is 57.1 Å². The number of nitrogens with zero attached hydrogens (tertiary/aromatic N) is 2. The van der Waals surface area contributed by atoms with Gasteiger partial charge in [-0.05, 0) is 17.7 Å². The van der Waals surface area contributed by atoms with Crippen molar-refractivity contribution in [1.82, 2.24) is 14.8 Å². The van der Waals surface area contributed by atoms with Crippen LogP contribution in [0.1, 0.15) is 22.5 Å². The lowest BCUT2D eigenvalue weighted by molar-refractivity contribution is -0.116. The van der Waals surface area contributed by atoms with E-state index in [2.05, 4.69) is 44.4 Å². The zero-order valence-electron chi connectivity index (χ0n) is 20.3. The van der Waals surface area contributed by atoms with Gasteiger partial charge < -0.3 is 24.7 Å². The van der Waals surface area contributed by atoms with Crippen LogP contribution in [-0.2, 0) is 9.53 Å². The quantitative estimate of drug-likeness (QED) is 0.459. The summed E-state index contributed by atoms with van der Waals surface area (Å²) < 4.78 is 10.2. The monoisotopic (exact) mass is 476 g/mol. The highest BCUT2D eigenvalue weighted by molar-refractivity contribution is 6.11. The first kappa shape index (κ1) is 24.5. The number of anilines is 1. The molecular formula is C27H32N4O4. The molecule has 8 nitrogen and oxygen atoms in total. The second-order valence-electron chi connectivity index (χ2n) is 8.53. The number of H-pyrrole nitrogens is 1. The summed E-state index contributed by atoms with van der Waals surface area (Å²) in [6, 6.07) is 15.7. The Balaban J connectivity index is 1.28. The Hall–Kier alpha value is -3.62. The summed E-state index contributed by atoms with van der Waals surface area (Å²) >= 11 is 0. The van der Waals surface area contributed by atoms with E-state index in [1.54, 1.807) is 19.2 Å². The number of methoxy groups -OCH3 is 2. The number of carbonyl (C=O) groups excluding carboxylic acids is 2. The van der Waals surface area contributed by atoms with E-state index in [1.807, 2.05) is 24.3 Å². The van der Waals surface area contributed by atoms with E-state index in [1.165, 1.54) is 12.7 Å². The molecular weight excluding hydrogens is 444 g/mol. The van der Waals surface area contributed by atoms with Gasteiger partial charge in [0.1, 0.15) is 11.4 Å². The Morgan fingerprint density at radius 1 is 1.03 bits per heavy atom. The van der Waals surface area contributed by atoms with Crippen molar-refractivity contribution >= 4 is 34.5 Å². The van der Waals surface area contributed by atoms with Gasteiger partial charge in [-0.15, -0.1) is 0 Å². The summed E-state index contributed by atoms with van der Waals surface area (Å²) in [6.07, 6.45) is 4.70. The lowest BCUT2D eigenvalue weighted by Crippen LogP contribution is -2.46. The third-order valence-electron chi connectivity index (χ3n) is 6.25. The van der Waals surface area contributed by atoms with Gasteiger partial charge in [0.2, 0.25) is 5.91 Å². The number of carbonyl (C=O) groups is 2. The van der Waals surface area contributed by atoms with Crippen molar-refractivity contribution in [3.05, 3.63) is 65.9 Å². The van der Waals surface area contributed by atoms with Crippen LogP contribution in [-0.4, -0.2) is 80.1 Å². The number of benzene rings is 2. The second kappa shape index (κ2) is 11.7. The normalized spacial score (nSPS) is 14.9. The fourth-order valence-electron chi connectivity index (χ4n) is 4.25. The Bertz CT molecular complexity index is 1180. The number of aromatic nitrogens is 1. The van der Waals surface area contributed by atoms with E-state index in [9.17, 15) is 9.59 Å². The van der Waals surface area contributed by atoms with Crippen molar-refractivity contribution in [1.29, 1.82) is 0 Å². The Morgan fingerprint density at radius 3 is 2.49 bits per heavy atom. The van der Waals surface area contributed by atoms with Crippen molar-refractivity contribution in [2.45, 2.75) is 6.42 Å². The van der Waals surface area contributed by atoms with Crippen molar-refractivity contribution in [2.75, 3.05) is 58.8 Å². The van der Waals surface area contributed by atoms with Gasteiger partial charge in [0.05, 0.1) is 25.4 Å². The number of ether oxygens (including phenoxy) is 2. The topological polar surface area (TPSA) is 86.9 Å². The average Bonchev–Trinajstić information content (AvgIpc) is 3.25. The molecule has 4 rings (SSSR count). The number of amides is 1. The summed E-state index contributed by atoms with van der Waals surface area (Å²) in [5.41, 5.74) is 2.56. The molecule has 1 amide bonds. The molecule has 184 valence electrons. The van der Waals surface area contributed by atoms with E-state index in [0.717, 1.165) is 38.1 Å². The summed E-state index contributed by atoms with van der Waals surface area (Å²) in [5, 5.41) is 3.65. The molecule has 3 aromatic rings. The third-order valence-corrected chi connectivity index (χ3v) is 6.25. The fourth-order valence-corrected chi connectivity index (χ4v) is 4.25.